The molecule has 0 aromatic heterocycles. The van der Waals surface area contributed by atoms with Crippen molar-refractivity contribution in [2.24, 2.45) is 4.99 Å². The Labute approximate surface area is 196 Å². The summed E-state index contributed by atoms with van der Waals surface area (Å²) in [5.74, 6) is -0.189. The van der Waals surface area contributed by atoms with Crippen LogP contribution in [0, 0.1) is 11.3 Å². The minimum atomic E-state index is -0.486. The molecule has 1 saturated heterocycles. The van der Waals surface area contributed by atoms with Crippen LogP contribution in [-0.2, 0) is 9.53 Å². The van der Waals surface area contributed by atoms with Crippen LogP contribution in [0.4, 0.5) is 10.5 Å². The van der Waals surface area contributed by atoms with E-state index in [2.05, 4.69) is 16.4 Å². The molecule has 0 atom stereocenters. The van der Waals surface area contributed by atoms with Gasteiger partial charge in [0.05, 0.1) is 11.6 Å². The van der Waals surface area contributed by atoms with Gasteiger partial charge in [0.1, 0.15) is 0 Å². The quantitative estimate of drug-likeness (QED) is 0.484. The highest BCUT2D eigenvalue weighted by Crippen LogP contribution is 2.24. The van der Waals surface area contributed by atoms with Crippen LogP contribution in [0.15, 0.2) is 83.6 Å². The molecule has 0 bridgehead atoms. The number of anilines is 1. The second-order valence-electron chi connectivity index (χ2n) is 7.99. The number of ether oxygens (including phenoxy) is 1. The van der Waals surface area contributed by atoms with Crippen molar-refractivity contribution in [3.63, 3.8) is 0 Å². The zero-order chi connectivity index (χ0) is 23.5. The summed E-state index contributed by atoms with van der Waals surface area (Å²) in [6.45, 7) is 2.09. The molecule has 2 amide bonds. The fourth-order valence-electron chi connectivity index (χ4n) is 4.02. The number of aliphatic imine (C=N–C) groups is 1. The number of nitriles is 1. The fourth-order valence-corrected chi connectivity index (χ4v) is 4.02. The average molecular weight is 451 g/mol. The van der Waals surface area contributed by atoms with Gasteiger partial charge in [-0.25, -0.2) is 14.6 Å². The zero-order valence-electron chi connectivity index (χ0n) is 18.3. The molecular formula is C26H21N5O3. The summed E-state index contributed by atoms with van der Waals surface area (Å²) in [5, 5.41) is 13.9. The molecule has 168 valence electrons. The molecule has 2 aliphatic rings. The summed E-state index contributed by atoms with van der Waals surface area (Å²) < 4.78 is 5.47. The Morgan fingerprint density at radius 1 is 1.03 bits per heavy atom. The van der Waals surface area contributed by atoms with Gasteiger partial charge in [0, 0.05) is 43.6 Å². The highest BCUT2D eigenvalue weighted by molar-refractivity contribution is 6.16. The molecule has 0 spiro atoms. The molecule has 3 aromatic carbocycles. The lowest BCUT2D eigenvalue weighted by Crippen LogP contribution is -2.48. The summed E-state index contributed by atoms with van der Waals surface area (Å²) in [5.41, 5.74) is 2.09. The summed E-state index contributed by atoms with van der Waals surface area (Å²) in [6, 6.07) is 22.3. The number of hydrogen-bond donors (Lipinski definition) is 1. The third kappa shape index (κ3) is 4.32. The van der Waals surface area contributed by atoms with Crippen molar-refractivity contribution in [3.8, 4) is 6.07 Å². The number of fused-ring (bicyclic) bond motifs is 1. The number of rotatable bonds is 3. The Balaban J connectivity index is 1.24. The maximum atomic E-state index is 12.6. The number of amides is 2. The van der Waals surface area contributed by atoms with Crippen molar-refractivity contribution >= 4 is 34.4 Å². The predicted octanol–water partition coefficient (Wildman–Crippen LogP) is 3.71. The first kappa shape index (κ1) is 21.2. The number of nitrogens with zero attached hydrogens (tertiary/aromatic N) is 4. The van der Waals surface area contributed by atoms with Crippen molar-refractivity contribution < 1.29 is 14.3 Å². The van der Waals surface area contributed by atoms with E-state index >= 15 is 0 Å². The predicted molar refractivity (Wildman–Crippen MR) is 128 cm³/mol. The van der Waals surface area contributed by atoms with E-state index < -0.39 is 5.97 Å². The maximum Gasteiger partial charge on any atom is 0.365 e. The van der Waals surface area contributed by atoms with Crippen LogP contribution < -0.4 is 5.32 Å². The van der Waals surface area contributed by atoms with Gasteiger partial charge in [-0.2, -0.15) is 5.26 Å². The summed E-state index contributed by atoms with van der Waals surface area (Å²) in [4.78, 5) is 33.2. The van der Waals surface area contributed by atoms with E-state index in [-0.39, 0.29) is 11.7 Å². The van der Waals surface area contributed by atoms with Gasteiger partial charge in [-0.3, -0.25) is 0 Å². The lowest BCUT2D eigenvalue weighted by Gasteiger charge is -2.34. The van der Waals surface area contributed by atoms with Crippen LogP contribution in [0.2, 0.25) is 0 Å². The highest BCUT2D eigenvalue weighted by atomic mass is 16.6. The van der Waals surface area contributed by atoms with Crippen LogP contribution in [0.25, 0.3) is 10.8 Å². The molecule has 34 heavy (non-hydrogen) atoms. The third-order valence-electron chi connectivity index (χ3n) is 5.79. The van der Waals surface area contributed by atoms with Crippen molar-refractivity contribution in [1.82, 2.24) is 9.80 Å². The van der Waals surface area contributed by atoms with E-state index in [0.29, 0.717) is 43.3 Å². The third-order valence-corrected chi connectivity index (χ3v) is 5.79. The number of hydrogen-bond acceptors (Lipinski definition) is 6. The maximum absolute atomic E-state index is 12.6. The molecule has 2 aliphatic heterocycles. The molecular weight excluding hydrogens is 430 g/mol. The lowest BCUT2D eigenvalue weighted by atomic mass is 10.0. The summed E-state index contributed by atoms with van der Waals surface area (Å²) in [7, 11) is 0. The molecule has 0 saturated carbocycles. The highest BCUT2D eigenvalue weighted by Gasteiger charge is 2.27. The number of urea groups is 1. The summed E-state index contributed by atoms with van der Waals surface area (Å²) >= 11 is 0. The first-order valence-electron chi connectivity index (χ1n) is 10.9. The van der Waals surface area contributed by atoms with Crippen LogP contribution in [-0.4, -0.2) is 53.9 Å². The van der Waals surface area contributed by atoms with Crippen LogP contribution in [0.1, 0.15) is 11.1 Å². The largest absolute Gasteiger partial charge is 0.402 e. The molecule has 2 heterocycles. The molecule has 5 rings (SSSR count). The Bertz CT molecular complexity index is 1380. The molecule has 1 fully saturated rings. The van der Waals surface area contributed by atoms with Crippen LogP contribution in [0.5, 0.6) is 0 Å². The van der Waals surface area contributed by atoms with Gasteiger partial charge in [-0.1, -0.05) is 42.5 Å². The van der Waals surface area contributed by atoms with Gasteiger partial charge in [-0.05, 0) is 35.0 Å². The monoisotopic (exact) mass is 451 g/mol. The molecule has 8 nitrogen and oxygen atoms in total. The van der Waals surface area contributed by atoms with Gasteiger partial charge in [0.25, 0.3) is 0 Å². The van der Waals surface area contributed by atoms with Crippen LogP contribution in [0.3, 0.4) is 0 Å². The fraction of sp³-hybridized carbons (Fsp3) is 0.154. The smallest absolute Gasteiger partial charge is 0.365 e. The van der Waals surface area contributed by atoms with E-state index in [4.69, 9.17) is 10.00 Å². The molecule has 1 N–H and O–H groups in total. The Morgan fingerprint density at radius 3 is 2.62 bits per heavy atom. The molecule has 0 aliphatic carbocycles. The number of piperazine rings is 1. The van der Waals surface area contributed by atoms with Crippen molar-refractivity contribution in [2.45, 2.75) is 0 Å². The first-order chi connectivity index (χ1) is 16.6. The standard InChI is InChI=1S/C26H21N5O3/c27-16-18-5-3-8-20(15-18)28-26(33)31-13-11-30(12-14-31)17-23-25(32)34-24(29-23)22-10-4-7-19-6-1-2-9-21(19)22/h1-10,15,17H,11-14H2,(H,28,33). The topological polar surface area (TPSA) is 98.0 Å². The first-order valence-corrected chi connectivity index (χ1v) is 10.9. The molecule has 0 radical (unpaired) electrons. The second kappa shape index (κ2) is 9.08. The Morgan fingerprint density at radius 2 is 1.79 bits per heavy atom. The number of carbonyl (C=O) groups is 2. The number of nitrogens with one attached hydrogen (secondary N) is 1. The second-order valence-corrected chi connectivity index (χ2v) is 7.99. The van der Waals surface area contributed by atoms with Gasteiger partial charge in [-0.15, -0.1) is 0 Å². The Hall–Kier alpha value is -4.64. The van der Waals surface area contributed by atoms with Gasteiger partial charge in [0.15, 0.2) is 5.70 Å². The SMILES string of the molecule is N#Cc1cccc(NC(=O)N2CCN(C=C3N=C(c4cccc5ccccc45)OC3=O)CC2)c1. The zero-order valence-corrected chi connectivity index (χ0v) is 18.3. The number of cyclic esters (lactones) is 1. The lowest BCUT2D eigenvalue weighted by molar-refractivity contribution is -0.130. The van der Waals surface area contributed by atoms with Gasteiger partial charge < -0.3 is 19.9 Å². The molecule has 3 aromatic rings. The number of esters is 1. The van der Waals surface area contributed by atoms with Crippen LogP contribution >= 0.6 is 0 Å². The Kier molecular flexibility index (Phi) is 5.67. The van der Waals surface area contributed by atoms with E-state index in [0.717, 1.165) is 16.3 Å². The van der Waals surface area contributed by atoms with Crippen molar-refractivity contribution in [2.75, 3.05) is 31.5 Å². The van der Waals surface area contributed by atoms with E-state index in [9.17, 15) is 9.59 Å². The van der Waals surface area contributed by atoms with Gasteiger partial charge >= 0.3 is 12.0 Å². The molecule has 0 unspecified atom stereocenters. The van der Waals surface area contributed by atoms with E-state index in [1.54, 1.807) is 35.4 Å². The average Bonchev–Trinajstić information content (AvgIpc) is 3.23. The van der Waals surface area contributed by atoms with E-state index in [1.807, 2.05) is 47.4 Å². The van der Waals surface area contributed by atoms with E-state index in [1.165, 1.54) is 0 Å². The van der Waals surface area contributed by atoms with Crippen molar-refractivity contribution in [3.05, 3.63) is 89.8 Å². The molecule has 8 heteroatoms. The normalized spacial score (nSPS) is 16.9. The minimum Gasteiger partial charge on any atom is -0.402 e. The van der Waals surface area contributed by atoms with Gasteiger partial charge in [0.2, 0.25) is 5.90 Å². The number of carbonyl (C=O) groups excluding carboxylic acids is 2. The van der Waals surface area contributed by atoms with Crippen molar-refractivity contribution in [1.29, 1.82) is 5.26 Å². The minimum absolute atomic E-state index is 0.223. The number of benzene rings is 3. The summed E-state index contributed by atoms with van der Waals surface area (Å²) in [6.07, 6.45) is 1.70.